The number of hydrogen-bond acceptors (Lipinski definition) is 7. The SMILES string of the molecule is COc1cc([C@@H]2c3c(oc4ccc(Cl)cc4c3=O)C(=O)N2Cc2ccco2)cc(OC)c1OC. The third-order valence-electron chi connectivity index (χ3n) is 5.84. The summed E-state index contributed by atoms with van der Waals surface area (Å²) >= 11 is 6.14. The number of hydrogen-bond donors (Lipinski definition) is 0. The summed E-state index contributed by atoms with van der Waals surface area (Å²) in [6.07, 6.45) is 1.52. The predicted molar refractivity (Wildman–Crippen MR) is 124 cm³/mol. The van der Waals surface area contributed by atoms with E-state index in [9.17, 15) is 9.59 Å². The van der Waals surface area contributed by atoms with Gasteiger partial charge in [0.15, 0.2) is 16.9 Å². The molecule has 0 saturated heterocycles. The van der Waals surface area contributed by atoms with E-state index in [1.165, 1.54) is 38.6 Å². The van der Waals surface area contributed by atoms with Crippen LogP contribution in [0.4, 0.5) is 0 Å². The fraction of sp³-hybridized carbons (Fsp3) is 0.200. The molecule has 1 aliphatic heterocycles. The van der Waals surface area contributed by atoms with Crippen LogP contribution in [-0.2, 0) is 6.54 Å². The topological polar surface area (TPSA) is 91.4 Å². The normalized spacial score (nSPS) is 15.0. The van der Waals surface area contributed by atoms with Gasteiger partial charge in [-0.15, -0.1) is 0 Å². The molecule has 9 heteroatoms. The average molecular weight is 482 g/mol. The Balaban J connectivity index is 1.78. The highest BCUT2D eigenvalue weighted by molar-refractivity contribution is 6.31. The third-order valence-corrected chi connectivity index (χ3v) is 6.07. The van der Waals surface area contributed by atoms with E-state index in [2.05, 4.69) is 0 Å². The molecule has 1 amide bonds. The molecule has 8 nitrogen and oxygen atoms in total. The second-order valence-electron chi connectivity index (χ2n) is 7.69. The number of furan rings is 1. The van der Waals surface area contributed by atoms with Crippen LogP contribution >= 0.6 is 11.6 Å². The second kappa shape index (κ2) is 8.46. The molecule has 174 valence electrons. The first-order valence-electron chi connectivity index (χ1n) is 10.4. The molecule has 0 radical (unpaired) electrons. The molecule has 0 spiro atoms. The van der Waals surface area contributed by atoms with Gasteiger partial charge in [0.25, 0.3) is 5.91 Å². The first-order valence-corrected chi connectivity index (χ1v) is 10.7. The van der Waals surface area contributed by atoms with Gasteiger partial charge in [-0.2, -0.15) is 0 Å². The van der Waals surface area contributed by atoms with Gasteiger partial charge < -0.3 is 27.9 Å². The van der Waals surface area contributed by atoms with Gasteiger partial charge >= 0.3 is 0 Å². The number of ether oxygens (including phenoxy) is 3. The Morgan fingerprint density at radius 1 is 1.00 bits per heavy atom. The lowest BCUT2D eigenvalue weighted by Crippen LogP contribution is -2.29. The summed E-state index contributed by atoms with van der Waals surface area (Å²) < 4.78 is 27.9. The van der Waals surface area contributed by atoms with Gasteiger partial charge in [0.1, 0.15) is 11.3 Å². The van der Waals surface area contributed by atoms with E-state index >= 15 is 0 Å². The molecule has 2 aromatic heterocycles. The molecular weight excluding hydrogens is 462 g/mol. The first-order chi connectivity index (χ1) is 16.5. The number of rotatable bonds is 6. The van der Waals surface area contributed by atoms with Crippen LogP contribution < -0.4 is 19.6 Å². The van der Waals surface area contributed by atoms with Crippen molar-refractivity contribution in [1.82, 2.24) is 4.90 Å². The Kier molecular flexibility index (Phi) is 5.45. The molecule has 0 unspecified atom stereocenters. The van der Waals surface area contributed by atoms with Crippen LogP contribution in [0.1, 0.15) is 33.5 Å². The molecular formula is C25H20ClNO7. The molecule has 1 aliphatic rings. The number of carbonyl (C=O) groups is 1. The van der Waals surface area contributed by atoms with Crippen LogP contribution in [0.25, 0.3) is 11.0 Å². The zero-order valence-corrected chi connectivity index (χ0v) is 19.3. The quantitative estimate of drug-likeness (QED) is 0.390. The minimum absolute atomic E-state index is 0.0230. The number of fused-ring (bicyclic) bond motifs is 2. The maximum atomic E-state index is 13.7. The monoisotopic (exact) mass is 481 g/mol. The number of nitrogens with zero attached hydrogens (tertiary/aromatic N) is 1. The van der Waals surface area contributed by atoms with Crippen LogP contribution in [0.5, 0.6) is 17.2 Å². The highest BCUT2D eigenvalue weighted by Crippen LogP contribution is 2.45. The zero-order chi connectivity index (χ0) is 24.0. The lowest BCUT2D eigenvalue weighted by Gasteiger charge is -2.25. The van der Waals surface area contributed by atoms with E-state index in [0.29, 0.717) is 33.6 Å². The Hall–Kier alpha value is -3.91. The highest BCUT2D eigenvalue weighted by Gasteiger charge is 2.43. The van der Waals surface area contributed by atoms with Gasteiger partial charge in [0, 0.05) is 5.02 Å². The Morgan fingerprint density at radius 3 is 2.35 bits per heavy atom. The minimum atomic E-state index is -0.791. The van der Waals surface area contributed by atoms with Crippen molar-refractivity contribution >= 4 is 28.5 Å². The van der Waals surface area contributed by atoms with Crippen molar-refractivity contribution in [1.29, 1.82) is 0 Å². The van der Waals surface area contributed by atoms with Crippen LogP contribution in [0.15, 0.2) is 62.4 Å². The van der Waals surface area contributed by atoms with Crippen molar-refractivity contribution in [2.75, 3.05) is 21.3 Å². The lowest BCUT2D eigenvalue weighted by molar-refractivity contribution is 0.0701. The molecule has 0 bridgehead atoms. The average Bonchev–Trinajstić information content (AvgIpc) is 3.46. The molecule has 4 aromatic rings. The largest absolute Gasteiger partial charge is 0.493 e. The highest BCUT2D eigenvalue weighted by atomic mass is 35.5. The van der Waals surface area contributed by atoms with Gasteiger partial charge in [-0.05, 0) is 48.0 Å². The van der Waals surface area contributed by atoms with Crippen molar-refractivity contribution in [2.45, 2.75) is 12.6 Å². The van der Waals surface area contributed by atoms with E-state index < -0.39 is 11.9 Å². The van der Waals surface area contributed by atoms with Crippen LogP contribution in [0.2, 0.25) is 5.02 Å². The maximum absolute atomic E-state index is 13.7. The van der Waals surface area contributed by atoms with Gasteiger partial charge in [0.2, 0.25) is 11.5 Å². The molecule has 3 heterocycles. The second-order valence-corrected chi connectivity index (χ2v) is 8.12. The summed E-state index contributed by atoms with van der Waals surface area (Å²) in [7, 11) is 4.50. The molecule has 34 heavy (non-hydrogen) atoms. The van der Waals surface area contributed by atoms with E-state index in [4.69, 9.17) is 34.6 Å². The molecule has 5 rings (SSSR count). The summed E-state index contributed by atoms with van der Waals surface area (Å²) in [5.74, 6) is 1.28. The Morgan fingerprint density at radius 2 is 1.74 bits per heavy atom. The minimum Gasteiger partial charge on any atom is -0.493 e. The first kappa shape index (κ1) is 21.9. The molecule has 0 saturated carbocycles. The van der Waals surface area contributed by atoms with Crippen molar-refractivity contribution in [3.8, 4) is 17.2 Å². The van der Waals surface area contributed by atoms with Gasteiger partial charge in [-0.25, -0.2) is 0 Å². The number of carbonyl (C=O) groups excluding carboxylic acids is 1. The Bertz CT molecular complexity index is 1430. The van der Waals surface area contributed by atoms with Gasteiger partial charge in [0.05, 0.1) is 51.1 Å². The standard InChI is InChI=1S/C25H20ClNO7/c1-30-18-9-13(10-19(31-2)23(18)32-3)21-20-22(28)16-11-14(26)6-7-17(16)34-24(20)25(29)27(21)12-15-5-4-8-33-15/h4-11,21H,12H2,1-3H3/t21-/m1/s1. The molecule has 2 aromatic carbocycles. The molecule has 0 aliphatic carbocycles. The summed E-state index contributed by atoms with van der Waals surface area (Å²) in [6, 6.07) is 10.9. The molecule has 1 atom stereocenters. The van der Waals surface area contributed by atoms with E-state index in [1.54, 1.807) is 36.4 Å². The summed E-state index contributed by atoms with van der Waals surface area (Å²) in [5, 5.41) is 0.678. The van der Waals surface area contributed by atoms with Crippen LogP contribution in [-0.4, -0.2) is 32.1 Å². The number of amides is 1. The van der Waals surface area contributed by atoms with Gasteiger partial charge in [-0.1, -0.05) is 11.6 Å². The molecule has 0 N–H and O–H groups in total. The van der Waals surface area contributed by atoms with Crippen molar-refractivity contribution in [3.63, 3.8) is 0 Å². The summed E-state index contributed by atoms with van der Waals surface area (Å²) in [5.41, 5.74) is 0.736. The van der Waals surface area contributed by atoms with E-state index in [0.717, 1.165) is 0 Å². The number of halogens is 1. The number of methoxy groups -OCH3 is 3. The van der Waals surface area contributed by atoms with Crippen LogP contribution in [0.3, 0.4) is 0 Å². The predicted octanol–water partition coefficient (Wildman–Crippen LogP) is 4.81. The van der Waals surface area contributed by atoms with Crippen LogP contribution in [0, 0.1) is 0 Å². The number of benzene rings is 2. The third kappa shape index (κ3) is 3.38. The van der Waals surface area contributed by atoms with Crippen molar-refractivity contribution < 1.29 is 27.8 Å². The van der Waals surface area contributed by atoms with Crippen molar-refractivity contribution in [3.05, 3.63) is 86.6 Å². The van der Waals surface area contributed by atoms with Crippen molar-refractivity contribution in [2.24, 2.45) is 0 Å². The van der Waals surface area contributed by atoms with Gasteiger partial charge in [-0.3, -0.25) is 9.59 Å². The van der Waals surface area contributed by atoms with E-state index in [-0.39, 0.29) is 34.3 Å². The smallest absolute Gasteiger partial charge is 0.291 e. The fourth-order valence-corrected chi connectivity index (χ4v) is 4.50. The Labute approximate surface area is 199 Å². The maximum Gasteiger partial charge on any atom is 0.291 e. The van der Waals surface area contributed by atoms with E-state index in [1.807, 2.05) is 0 Å². The molecule has 0 fully saturated rings. The summed E-state index contributed by atoms with van der Waals surface area (Å²) in [6.45, 7) is 0.119. The summed E-state index contributed by atoms with van der Waals surface area (Å²) in [4.78, 5) is 28.7. The lowest BCUT2D eigenvalue weighted by atomic mass is 9.97. The fourth-order valence-electron chi connectivity index (χ4n) is 4.33. The zero-order valence-electron chi connectivity index (χ0n) is 18.6.